The number of para-hydroxylation sites is 1. The lowest BCUT2D eigenvalue weighted by molar-refractivity contribution is -0.383. The van der Waals surface area contributed by atoms with E-state index in [2.05, 4.69) is 10.6 Å². The second-order valence-corrected chi connectivity index (χ2v) is 5.15. The van der Waals surface area contributed by atoms with E-state index in [1.54, 1.807) is 36.4 Å². The lowest BCUT2D eigenvalue weighted by Crippen LogP contribution is -2.04. The van der Waals surface area contributed by atoms with Crippen LogP contribution in [0.15, 0.2) is 36.4 Å². The summed E-state index contributed by atoms with van der Waals surface area (Å²) in [5, 5.41) is 18.2. The number of halogens is 2. The molecule has 21 heavy (non-hydrogen) atoms. The van der Waals surface area contributed by atoms with E-state index in [4.69, 9.17) is 23.2 Å². The van der Waals surface area contributed by atoms with Crippen LogP contribution in [0.5, 0.6) is 0 Å². The number of hydrogen-bond acceptors (Lipinski definition) is 4. The topological polar surface area (TPSA) is 67.2 Å². The highest BCUT2D eigenvalue weighted by Gasteiger charge is 2.19. The van der Waals surface area contributed by atoms with Crippen molar-refractivity contribution in [3.8, 4) is 0 Å². The first-order chi connectivity index (χ1) is 10.0. The number of benzene rings is 2. The lowest BCUT2D eigenvalue weighted by Gasteiger charge is -2.11. The van der Waals surface area contributed by atoms with E-state index in [0.29, 0.717) is 33.7 Å². The van der Waals surface area contributed by atoms with Gasteiger partial charge >= 0.3 is 5.69 Å². The molecule has 0 spiro atoms. The van der Waals surface area contributed by atoms with E-state index >= 15 is 0 Å². The first-order valence-electron chi connectivity index (χ1n) is 6.25. The van der Waals surface area contributed by atoms with Gasteiger partial charge in [0.2, 0.25) is 0 Å². The molecule has 0 radical (unpaired) electrons. The summed E-state index contributed by atoms with van der Waals surface area (Å²) in [5.74, 6) is 0. The molecule has 0 aromatic heterocycles. The second kappa shape index (κ2) is 6.65. The van der Waals surface area contributed by atoms with Crippen LogP contribution >= 0.6 is 23.2 Å². The molecule has 110 valence electrons. The van der Waals surface area contributed by atoms with Crippen molar-refractivity contribution < 1.29 is 4.92 Å². The van der Waals surface area contributed by atoms with Gasteiger partial charge in [0.05, 0.1) is 4.92 Å². The Labute approximate surface area is 132 Å². The zero-order valence-corrected chi connectivity index (χ0v) is 12.7. The Balaban J connectivity index is 2.43. The molecule has 2 N–H and O–H groups in total. The summed E-state index contributed by atoms with van der Waals surface area (Å²) >= 11 is 11.9. The third-order valence-corrected chi connectivity index (χ3v) is 3.16. The van der Waals surface area contributed by atoms with E-state index in [9.17, 15) is 10.1 Å². The van der Waals surface area contributed by atoms with Gasteiger partial charge in [-0.1, -0.05) is 29.3 Å². The highest BCUT2D eigenvalue weighted by atomic mass is 35.5. The smallest absolute Gasteiger partial charge is 0.315 e. The predicted octanol–water partition coefficient (Wildman–Crippen LogP) is 5.08. The van der Waals surface area contributed by atoms with Gasteiger partial charge in [0.1, 0.15) is 11.4 Å². The van der Waals surface area contributed by atoms with Gasteiger partial charge in [-0.15, -0.1) is 0 Å². The zero-order chi connectivity index (χ0) is 15.4. The largest absolute Gasteiger partial charge is 0.380 e. The summed E-state index contributed by atoms with van der Waals surface area (Å²) in [5.41, 5.74) is 1.40. The molecule has 0 fully saturated rings. The number of nitro benzene ring substituents is 1. The van der Waals surface area contributed by atoms with Crippen molar-refractivity contribution in [2.24, 2.45) is 0 Å². The van der Waals surface area contributed by atoms with E-state index in [1.807, 2.05) is 6.92 Å². The third kappa shape index (κ3) is 3.77. The van der Waals surface area contributed by atoms with Crippen LogP contribution in [0.3, 0.4) is 0 Å². The minimum atomic E-state index is -0.424. The number of anilines is 3. The average Bonchev–Trinajstić information content (AvgIpc) is 2.37. The molecule has 0 atom stereocenters. The molecule has 5 nitrogen and oxygen atoms in total. The quantitative estimate of drug-likeness (QED) is 0.594. The van der Waals surface area contributed by atoms with Crippen LogP contribution in [0.1, 0.15) is 6.92 Å². The van der Waals surface area contributed by atoms with Crippen molar-refractivity contribution in [2.75, 3.05) is 17.2 Å². The minimum Gasteiger partial charge on any atom is -0.380 e. The van der Waals surface area contributed by atoms with E-state index < -0.39 is 4.92 Å². The number of hydrogen-bond donors (Lipinski definition) is 2. The average molecular weight is 326 g/mol. The lowest BCUT2D eigenvalue weighted by atomic mass is 10.2. The second-order valence-electron chi connectivity index (χ2n) is 4.27. The Morgan fingerprint density at radius 3 is 2.33 bits per heavy atom. The van der Waals surface area contributed by atoms with Crippen molar-refractivity contribution in [3.05, 3.63) is 56.6 Å². The summed E-state index contributed by atoms with van der Waals surface area (Å²) in [6.07, 6.45) is 0. The normalized spacial score (nSPS) is 10.2. The molecule has 0 saturated carbocycles. The third-order valence-electron chi connectivity index (χ3n) is 2.73. The molecule has 0 amide bonds. The van der Waals surface area contributed by atoms with Crippen molar-refractivity contribution >= 4 is 46.0 Å². The van der Waals surface area contributed by atoms with Crippen molar-refractivity contribution in [2.45, 2.75) is 6.92 Å². The first-order valence-corrected chi connectivity index (χ1v) is 7.01. The fraction of sp³-hybridized carbons (Fsp3) is 0.143. The van der Waals surface area contributed by atoms with Crippen molar-refractivity contribution in [3.63, 3.8) is 0 Å². The summed E-state index contributed by atoms with van der Waals surface area (Å²) in [4.78, 5) is 10.9. The molecule has 7 heteroatoms. The van der Waals surface area contributed by atoms with E-state index in [1.165, 1.54) is 0 Å². The fourth-order valence-corrected chi connectivity index (χ4v) is 2.48. The summed E-state index contributed by atoms with van der Waals surface area (Å²) in [6.45, 7) is 2.47. The molecule has 0 aliphatic carbocycles. The molecule has 0 aliphatic rings. The van der Waals surface area contributed by atoms with Gasteiger partial charge in [0.25, 0.3) is 0 Å². The highest BCUT2D eigenvalue weighted by molar-refractivity contribution is 6.35. The van der Waals surface area contributed by atoms with Crippen molar-refractivity contribution in [1.29, 1.82) is 0 Å². The molecule has 2 aromatic carbocycles. The molecule has 0 heterocycles. The summed E-state index contributed by atoms with van der Waals surface area (Å²) in [7, 11) is 0. The summed E-state index contributed by atoms with van der Waals surface area (Å²) in [6, 6.07) is 9.93. The SMILES string of the molecule is CCNc1cccc(Nc2cc(Cl)cc(Cl)c2)c1[N+](=O)[O-]. The van der Waals surface area contributed by atoms with E-state index in [0.717, 1.165) is 0 Å². The molecule has 2 aromatic rings. The monoisotopic (exact) mass is 325 g/mol. The van der Waals surface area contributed by atoms with Gasteiger partial charge in [-0.3, -0.25) is 10.1 Å². The minimum absolute atomic E-state index is 0.0181. The molecular formula is C14H13Cl2N3O2. The molecule has 0 aliphatic heterocycles. The van der Waals surface area contributed by atoms with Gasteiger partial charge in [-0.2, -0.15) is 0 Å². The molecule has 2 rings (SSSR count). The van der Waals surface area contributed by atoms with Crippen LogP contribution < -0.4 is 10.6 Å². The van der Waals surface area contributed by atoms with Crippen LogP contribution in [0.25, 0.3) is 0 Å². The Kier molecular flexibility index (Phi) is 4.88. The van der Waals surface area contributed by atoms with Crippen LogP contribution in [-0.4, -0.2) is 11.5 Å². The van der Waals surface area contributed by atoms with Gasteiger partial charge in [-0.05, 0) is 37.3 Å². The summed E-state index contributed by atoms with van der Waals surface area (Å²) < 4.78 is 0. The van der Waals surface area contributed by atoms with Crippen LogP contribution in [-0.2, 0) is 0 Å². The molecule has 0 bridgehead atoms. The zero-order valence-electron chi connectivity index (χ0n) is 11.2. The standard InChI is InChI=1S/C14H13Cl2N3O2/c1-2-17-12-4-3-5-13(14(12)19(20)21)18-11-7-9(15)6-10(16)8-11/h3-8,17-18H,2H2,1H3. The van der Waals surface area contributed by atoms with Crippen LogP contribution in [0, 0.1) is 10.1 Å². The Bertz CT molecular complexity index is 657. The van der Waals surface area contributed by atoms with Crippen molar-refractivity contribution in [1.82, 2.24) is 0 Å². The molecular weight excluding hydrogens is 313 g/mol. The number of nitrogens with zero attached hydrogens (tertiary/aromatic N) is 1. The first kappa shape index (κ1) is 15.4. The number of nitrogens with one attached hydrogen (secondary N) is 2. The van der Waals surface area contributed by atoms with Gasteiger partial charge in [-0.25, -0.2) is 0 Å². The Morgan fingerprint density at radius 2 is 1.76 bits per heavy atom. The fourth-order valence-electron chi connectivity index (χ4n) is 1.96. The van der Waals surface area contributed by atoms with Gasteiger partial charge in [0.15, 0.2) is 0 Å². The molecule has 0 saturated heterocycles. The maximum absolute atomic E-state index is 11.3. The van der Waals surface area contributed by atoms with Crippen LogP contribution in [0.2, 0.25) is 10.0 Å². The highest BCUT2D eigenvalue weighted by Crippen LogP contribution is 2.35. The van der Waals surface area contributed by atoms with Gasteiger partial charge < -0.3 is 10.6 Å². The van der Waals surface area contributed by atoms with Gasteiger partial charge in [0, 0.05) is 22.3 Å². The Morgan fingerprint density at radius 1 is 1.14 bits per heavy atom. The maximum Gasteiger partial charge on any atom is 0.315 e. The van der Waals surface area contributed by atoms with Crippen LogP contribution in [0.4, 0.5) is 22.7 Å². The molecule has 0 unspecified atom stereocenters. The Hall–Kier alpha value is -1.98. The number of nitro groups is 1. The predicted molar refractivity (Wildman–Crippen MR) is 87.0 cm³/mol. The maximum atomic E-state index is 11.3. The van der Waals surface area contributed by atoms with E-state index in [-0.39, 0.29) is 5.69 Å². The number of rotatable bonds is 5.